The maximum Gasteiger partial charge on any atom is 0.251 e. The Morgan fingerprint density at radius 3 is 3.05 bits per heavy atom. The number of allylic oxidation sites excluding steroid dienone is 1. The Morgan fingerprint density at radius 1 is 1.47 bits per heavy atom. The van der Waals surface area contributed by atoms with E-state index in [2.05, 4.69) is 15.6 Å². The van der Waals surface area contributed by atoms with E-state index in [1.165, 1.54) is 0 Å². The van der Waals surface area contributed by atoms with Gasteiger partial charge in [0.15, 0.2) is 0 Å². The molecule has 1 heterocycles. The van der Waals surface area contributed by atoms with E-state index >= 15 is 0 Å². The van der Waals surface area contributed by atoms with Crippen molar-refractivity contribution in [3.05, 3.63) is 35.9 Å². The van der Waals surface area contributed by atoms with Crippen molar-refractivity contribution in [1.82, 2.24) is 20.3 Å². The number of aryl methyl sites for hydroxylation is 1. The van der Waals surface area contributed by atoms with Crippen LogP contribution in [-0.2, 0) is 6.54 Å². The molecule has 2 aromatic rings. The van der Waals surface area contributed by atoms with Crippen LogP contribution < -0.4 is 5.32 Å². The number of aromatic nitrogens is 3. The topological polar surface area (TPSA) is 59.8 Å². The van der Waals surface area contributed by atoms with Crippen molar-refractivity contribution in [1.29, 1.82) is 0 Å². The molecule has 0 aliphatic rings. The monoisotopic (exact) mass is 258 g/mol. The van der Waals surface area contributed by atoms with Crippen LogP contribution in [0.15, 0.2) is 30.4 Å². The van der Waals surface area contributed by atoms with E-state index in [1.807, 2.05) is 42.8 Å². The zero-order valence-electron chi connectivity index (χ0n) is 11.3. The van der Waals surface area contributed by atoms with Crippen molar-refractivity contribution < 1.29 is 4.79 Å². The molecule has 0 saturated heterocycles. The summed E-state index contributed by atoms with van der Waals surface area (Å²) in [6, 6.07) is 5.47. The number of fused-ring (bicyclic) bond motifs is 1. The molecule has 0 atom stereocenters. The van der Waals surface area contributed by atoms with Crippen LogP contribution in [0.4, 0.5) is 0 Å². The molecular weight excluding hydrogens is 240 g/mol. The molecule has 5 nitrogen and oxygen atoms in total. The number of amides is 1. The van der Waals surface area contributed by atoms with Gasteiger partial charge in [0.05, 0.1) is 5.52 Å². The number of nitrogens with one attached hydrogen (secondary N) is 1. The lowest BCUT2D eigenvalue weighted by Gasteiger charge is -2.03. The smallest absolute Gasteiger partial charge is 0.251 e. The fraction of sp³-hybridized carbons (Fsp3) is 0.357. The Morgan fingerprint density at radius 2 is 2.32 bits per heavy atom. The minimum atomic E-state index is -0.0718. The van der Waals surface area contributed by atoms with Crippen LogP contribution in [0.1, 0.15) is 30.6 Å². The first-order valence-electron chi connectivity index (χ1n) is 6.49. The highest BCUT2D eigenvalue weighted by Crippen LogP contribution is 2.13. The molecular formula is C14H18N4O. The molecule has 0 radical (unpaired) electrons. The summed E-state index contributed by atoms with van der Waals surface area (Å²) in [7, 11) is 0. The van der Waals surface area contributed by atoms with Crippen LogP contribution in [0.25, 0.3) is 11.0 Å². The average molecular weight is 258 g/mol. The Balaban J connectivity index is 2.10. The minimum Gasteiger partial charge on any atom is -0.352 e. The largest absolute Gasteiger partial charge is 0.352 e. The van der Waals surface area contributed by atoms with Gasteiger partial charge in [0.1, 0.15) is 5.52 Å². The molecule has 5 heteroatoms. The summed E-state index contributed by atoms with van der Waals surface area (Å²) in [4.78, 5) is 11.9. The Bertz CT molecular complexity index is 601. The van der Waals surface area contributed by atoms with Crippen LogP contribution in [0.2, 0.25) is 0 Å². The van der Waals surface area contributed by atoms with Crippen LogP contribution >= 0.6 is 0 Å². The summed E-state index contributed by atoms with van der Waals surface area (Å²) in [6.07, 6.45) is 4.84. The van der Waals surface area contributed by atoms with Gasteiger partial charge in [-0.1, -0.05) is 17.4 Å². The molecule has 0 aliphatic carbocycles. The van der Waals surface area contributed by atoms with Crippen molar-refractivity contribution in [2.45, 2.75) is 26.8 Å². The number of rotatable bonds is 5. The highest BCUT2D eigenvalue weighted by molar-refractivity contribution is 5.97. The Labute approximate surface area is 112 Å². The van der Waals surface area contributed by atoms with E-state index in [1.54, 1.807) is 6.07 Å². The number of hydrogen-bond acceptors (Lipinski definition) is 3. The molecule has 0 bridgehead atoms. The zero-order valence-corrected chi connectivity index (χ0v) is 11.3. The van der Waals surface area contributed by atoms with Gasteiger partial charge in [-0.25, -0.2) is 4.68 Å². The standard InChI is InChI=1S/C14H18N4O/c1-3-5-6-9-15-14(19)11-7-8-13-12(10-11)16-17-18(13)4-2/h3,5,7-8,10H,4,6,9H2,1-2H3,(H,15,19)/b5-3+. The summed E-state index contributed by atoms with van der Waals surface area (Å²) < 4.78 is 1.81. The summed E-state index contributed by atoms with van der Waals surface area (Å²) >= 11 is 0. The normalized spacial score (nSPS) is 11.3. The molecule has 0 unspecified atom stereocenters. The van der Waals surface area contributed by atoms with Gasteiger partial charge < -0.3 is 5.32 Å². The third-order valence-electron chi connectivity index (χ3n) is 2.91. The van der Waals surface area contributed by atoms with E-state index in [0.29, 0.717) is 12.1 Å². The van der Waals surface area contributed by atoms with Crippen molar-refractivity contribution in [3.8, 4) is 0 Å². The summed E-state index contributed by atoms with van der Waals surface area (Å²) in [5.41, 5.74) is 2.33. The van der Waals surface area contributed by atoms with E-state index in [-0.39, 0.29) is 5.91 Å². The number of carbonyl (C=O) groups excluding carboxylic acids is 1. The second-order valence-corrected chi connectivity index (χ2v) is 4.22. The highest BCUT2D eigenvalue weighted by Gasteiger charge is 2.08. The molecule has 100 valence electrons. The van der Waals surface area contributed by atoms with Crippen LogP contribution in [0.5, 0.6) is 0 Å². The first-order valence-corrected chi connectivity index (χ1v) is 6.49. The van der Waals surface area contributed by atoms with E-state index < -0.39 is 0 Å². The van der Waals surface area contributed by atoms with Gasteiger partial charge in [0, 0.05) is 18.7 Å². The van der Waals surface area contributed by atoms with Crippen LogP contribution in [0.3, 0.4) is 0 Å². The summed E-state index contributed by atoms with van der Waals surface area (Å²) in [5, 5.41) is 11.0. The third kappa shape index (κ3) is 2.99. The molecule has 1 amide bonds. The summed E-state index contributed by atoms with van der Waals surface area (Å²) in [5.74, 6) is -0.0718. The zero-order chi connectivity index (χ0) is 13.7. The van der Waals surface area contributed by atoms with Crippen LogP contribution in [0, 0.1) is 0 Å². The van der Waals surface area contributed by atoms with Crippen molar-refractivity contribution in [2.75, 3.05) is 6.54 Å². The lowest BCUT2D eigenvalue weighted by atomic mass is 10.2. The maximum atomic E-state index is 11.9. The molecule has 19 heavy (non-hydrogen) atoms. The first kappa shape index (κ1) is 13.3. The number of carbonyl (C=O) groups is 1. The molecule has 0 spiro atoms. The highest BCUT2D eigenvalue weighted by atomic mass is 16.1. The second kappa shape index (κ2) is 6.13. The van der Waals surface area contributed by atoms with Gasteiger partial charge in [-0.15, -0.1) is 5.10 Å². The van der Waals surface area contributed by atoms with Gasteiger partial charge in [-0.2, -0.15) is 0 Å². The van der Waals surface area contributed by atoms with Crippen molar-refractivity contribution in [2.24, 2.45) is 0 Å². The molecule has 0 fully saturated rings. The van der Waals surface area contributed by atoms with E-state index in [9.17, 15) is 4.79 Å². The van der Waals surface area contributed by atoms with Gasteiger partial charge in [-0.05, 0) is 38.5 Å². The molecule has 0 aliphatic heterocycles. The van der Waals surface area contributed by atoms with Crippen molar-refractivity contribution >= 4 is 16.9 Å². The first-order chi connectivity index (χ1) is 9.26. The van der Waals surface area contributed by atoms with Gasteiger partial charge in [-0.3, -0.25) is 4.79 Å². The van der Waals surface area contributed by atoms with Crippen LogP contribution in [-0.4, -0.2) is 27.4 Å². The number of hydrogen-bond donors (Lipinski definition) is 1. The summed E-state index contributed by atoms with van der Waals surface area (Å²) in [6.45, 7) is 5.39. The molecule has 1 N–H and O–H groups in total. The van der Waals surface area contributed by atoms with Gasteiger partial charge >= 0.3 is 0 Å². The molecule has 0 saturated carbocycles. The quantitative estimate of drug-likeness (QED) is 0.660. The lowest BCUT2D eigenvalue weighted by Crippen LogP contribution is -2.24. The van der Waals surface area contributed by atoms with Crippen molar-refractivity contribution in [3.63, 3.8) is 0 Å². The Hall–Kier alpha value is -2.17. The number of benzene rings is 1. The maximum absolute atomic E-state index is 11.9. The molecule has 1 aromatic heterocycles. The second-order valence-electron chi connectivity index (χ2n) is 4.22. The van der Waals surface area contributed by atoms with E-state index in [4.69, 9.17) is 0 Å². The minimum absolute atomic E-state index is 0.0718. The molecule has 2 rings (SSSR count). The predicted octanol–water partition coefficient (Wildman–Crippen LogP) is 2.15. The Kier molecular flexibility index (Phi) is 4.28. The fourth-order valence-electron chi connectivity index (χ4n) is 1.88. The lowest BCUT2D eigenvalue weighted by molar-refractivity contribution is 0.0954. The SMILES string of the molecule is C/C=C/CCNC(=O)c1ccc2c(c1)nnn2CC. The van der Waals surface area contributed by atoms with E-state index in [0.717, 1.165) is 24.0 Å². The van der Waals surface area contributed by atoms with Gasteiger partial charge in [0.25, 0.3) is 5.91 Å². The van der Waals surface area contributed by atoms with Gasteiger partial charge in [0.2, 0.25) is 0 Å². The number of nitrogens with zero attached hydrogens (tertiary/aromatic N) is 3. The molecule has 1 aromatic carbocycles. The predicted molar refractivity (Wildman–Crippen MR) is 75.0 cm³/mol. The third-order valence-corrected chi connectivity index (χ3v) is 2.91. The average Bonchev–Trinajstić information content (AvgIpc) is 2.85. The fourth-order valence-corrected chi connectivity index (χ4v) is 1.88.